The molecule has 2 atom stereocenters. The van der Waals surface area contributed by atoms with Gasteiger partial charge in [0, 0.05) is 25.0 Å². The van der Waals surface area contributed by atoms with Crippen molar-refractivity contribution < 1.29 is 13.2 Å². The van der Waals surface area contributed by atoms with E-state index in [1.54, 1.807) is 7.05 Å². The molecule has 0 N–H and O–H groups in total. The number of alkyl halides is 1. The van der Waals surface area contributed by atoms with Crippen LogP contribution in [0.25, 0.3) is 0 Å². The van der Waals surface area contributed by atoms with Crippen molar-refractivity contribution in [2.75, 3.05) is 26.0 Å². The van der Waals surface area contributed by atoms with E-state index in [0.717, 1.165) is 12.8 Å². The summed E-state index contributed by atoms with van der Waals surface area (Å²) < 4.78 is 30.4. The van der Waals surface area contributed by atoms with Gasteiger partial charge in [-0.15, -0.1) is 0 Å². The van der Waals surface area contributed by atoms with E-state index in [2.05, 4.69) is 15.9 Å². The van der Waals surface area contributed by atoms with Gasteiger partial charge in [-0.3, -0.25) is 0 Å². The van der Waals surface area contributed by atoms with Crippen LogP contribution in [0.15, 0.2) is 0 Å². The summed E-state index contributed by atoms with van der Waals surface area (Å²) >= 11 is 3.34. The van der Waals surface area contributed by atoms with Gasteiger partial charge >= 0.3 is 0 Å². The van der Waals surface area contributed by atoms with Gasteiger partial charge in [-0.05, 0) is 12.8 Å². The second-order valence-electron chi connectivity index (χ2n) is 3.97. The molecule has 0 amide bonds. The number of ether oxygens (including phenoxy) is 1. The maximum Gasteiger partial charge on any atom is 0.216 e. The molecule has 0 bridgehead atoms. The van der Waals surface area contributed by atoms with Gasteiger partial charge in [0.1, 0.15) is 0 Å². The quantitative estimate of drug-likeness (QED) is 0.717. The Labute approximate surface area is 100 Å². The molecule has 0 radical (unpaired) electrons. The van der Waals surface area contributed by atoms with Gasteiger partial charge in [-0.25, -0.2) is 12.7 Å². The highest BCUT2D eigenvalue weighted by atomic mass is 79.9. The van der Waals surface area contributed by atoms with Crippen LogP contribution < -0.4 is 0 Å². The lowest BCUT2D eigenvalue weighted by Crippen LogP contribution is -2.36. The molecule has 0 aromatic heterocycles. The largest absolute Gasteiger partial charge is 0.377 e. The smallest absolute Gasteiger partial charge is 0.216 e. The molecule has 4 nitrogen and oxygen atoms in total. The first-order valence-corrected chi connectivity index (χ1v) is 7.64. The molecule has 15 heavy (non-hydrogen) atoms. The normalized spacial score (nSPS) is 24.7. The molecule has 1 aliphatic heterocycles. The highest BCUT2D eigenvalue weighted by molar-refractivity contribution is 9.09. The first-order chi connectivity index (χ1) is 6.92. The van der Waals surface area contributed by atoms with Crippen LogP contribution in [0.4, 0.5) is 0 Å². The molecule has 1 heterocycles. The Bertz CT molecular complexity index is 286. The average molecular weight is 300 g/mol. The topological polar surface area (TPSA) is 46.6 Å². The summed E-state index contributed by atoms with van der Waals surface area (Å²) in [5.74, 6) is 0.114. The fraction of sp³-hybridized carbons (Fsp3) is 1.00. The van der Waals surface area contributed by atoms with Gasteiger partial charge in [0.25, 0.3) is 0 Å². The number of hydrogen-bond donors (Lipinski definition) is 0. The van der Waals surface area contributed by atoms with Crippen LogP contribution in [0, 0.1) is 0 Å². The van der Waals surface area contributed by atoms with E-state index >= 15 is 0 Å². The van der Waals surface area contributed by atoms with Crippen LogP contribution in [0.1, 0.15) is 19.8 Å². The minimum absolute atomic E-state index is 0.108. The Morgan fingerprint density at radius 1 is 1.60 bits per heavy atom. The standard InChI is InChI=1S/C9H18BrNO3S/c1-8(10)6-11(2)15(12,13)7-9-4-3-5-14-9/h8-9H,3-7H2,1-2H3. The number of rotatable bonds is 5. The van der Waals surface area contributed by atoms with E-state index in [1.807, 2.05) is 6.92 Å². The number of hydrogen-bond acceptors (Lipinski definition) is 3. The van der Waals surface area contributed by atoms with Gasteiger partial charge < -0.3 is 4.74 Å². The lowest BCUT2D eigenvalue weighted by Gasteiger charge is -2.20. The van der Waals surface area contributed by atoms with Crippen LogP contribution >= 0.6 is 15.9 Å². The molecule has 0 saturated carbocycles. The molecule has 6 heteroatoms. The predicted molar refractivity (Wildman–Crippen MR) is 63.8 cm³/mol. The highest BCUT2D eigenvalue weighted by Gasteiger charge is 2.26. The molecule has 0 spiro atoms. The Kier molecular flexibility index (Phi) is 5.02. The third-order valence-corrected chi connectivity index (χ3v) is 4.59. The summed E-state index contributed by atoms with van der Waals surface area (Å²) in [6.07, 6.45) is 1.72. The summed E-state index contributed by atoms with van der Waals surface area (Å²) in [6.45, 7) is 3.12. The molecule has 90 valence electrons. The summed E-state index contributed by atoms with van der Waals surface area (Å²) in [5, 5.41) is 0. The molecular weight excluding hydrogens is 282 g/mol. The van der Waals surface area contributed by atoms with Crippen LogP contribution in [-0.4, -0.2) is 49.6 Å². The van der Waals surface area contributed by atoms with Crippen molar-refractivity contribution in [1.29, 1.82) is 0 Å². The predicted octanol–water partition coefficient (Wildman–Crippen LogP) is 1.21. The third kappa shape index (κ3) is 4.38. The number of sulfonamides is 1. The Morgan fingerprint density at radius 3 is 2.73 bits per heavy atom. The minimum Gasteiger partial charge on any atom is -0.377 e. The summed E-state index contributed by atoms with van der Waals surface area (Å²) in [4.78, 5) is 0.168. The van der Waals surface area contributed by atoms with E-state index in [0.29, 0.717) is 13.2 Å². The monoisotopic (exact) mass is 299 g/mol. The molecule has 1 fully saturated rings. The Hall–Kier alpha value is 0.350. The fourth-order valence-electron chi connectivity index (χ4n) is 1.61. The van der Waals surface area contributed by atoms with Crippen LogP contribution in [0.3, 0.4) is 0 Å². The number of halogens is 1. The SMILES string of the molecule is CC(Br)CN(C)S(=O)(=O)CC1CCCO1. The van der Waals surface area contributed by atoms with Crippen LogP contribution in [0.5, 0.6) is 0 Å². The molecule has 1 aliphatic rings. The number of nitrogens with zero attached hydrogens (tertiary/aromatic N) is 1. The van der Waals surface area contributed by atoms with Crippen molar-refractivity contribution in [2.45, 2.75) is 30.7 Å². The first kappa shape index (κ1) is 13.4. The fourth-order valence-corrected chi connectivity index (χ4v) is 3.67. The highest BCUT2D eigenvalue weighted by Crippen LogP contribution is 2.16. The summed E-state index contributed by atoms with van der Waals surface area (Å²) in [7, 11) is -1.55. The van der Waals surface area contributed by atoms with E-state index in [1.165, 1.54) is 4.31 Å². The Balaban J connectivity index is 2.49. The molecule has 1 rings (SSSR count). The van der Waals surface area contributed by atoms with E-state index in [4.69, 9.17) is 4.74 Å². The van der Waals surface area contributed by atoms with Crippen molar-refractivity contribution in [1.82, 2.24) is 4.31 Å². The summed E-state index contributed by atoms with van der Waals surface area (Å²) in [6, 6.07) is 0. The zero-order chi connectivity index (χ0) is 11.5. The molecule has 0 aromatic rings. The van der Waals surface area contributed by atoms with Gasteiger partial charge in [-0.2, -0.15) is 0 Å². The Morgan fingerprint density at radius 2 is 2.27 bits per heavy atom. The van der Waals surface area contributed by atoms with E-state index in [9.17, 15) is 8.42 Å². The lowest BCUT2D eigenvalue weighted by atomic mass is 10.3. The molecule has 2 unspecified atom stereocenters. The first-order valence-electron chi connectivity index (χ1n) is 5.11. The maximum atomic E-state index is 11.8. The van der Waals surface area contributed by atoms with E-state index < -0.39 is 10.0 Å². The van der Waals surface area contributed by atoms with Crippen molar-refractivity contribution >= 4 is 26.0 Å². The van der Waals surface area contributed by atoms with Crippen molar-refractivity contribution in [3.63, 3.8) is 0 Å². The van der Waals surface area contributed by atoms with Crippen molar-refractivity contribution in [3.05, 3.63) is 0 Å². The van der Waals surface area contributed by atoms with Crippen molar-refractivity contribution in [2.24, 2.45) is 0 Å². The lowest BCUT2D eigenvalue weighted by molar-refractivity contribution is 0.126. The van der Waals surface area contributed by atoms with Gasteiger partial charge in [-0.1, -0.05) is 22.9 Å². The van der Waals surface area contributed by atoms with Crippen LogP contribution in [-0.2, 0) is 14.8 Å². The zero-order valence-corrected chi connectivity index (χ0v) is 11.6. The van der Waals surface area contributed by atoms with Crippen molar-refractivity contribution in [3.8, 4) is 0 Å². The molecule has 0 aliphatic carbocycles. The minimum atomic E-state index is -3.16. The third-order valence-electron chi connectivity index (χ3n) is 2.40. The summed E-state index contributed by atoms with van der Waals surface area (Å²) in [5.41, 5.74) is 0. The van der Waals surface area contributed by atoms with Gasteiger partial charge in [0.15, 0.2) is 0 Å². The average Bonchev–Trinajstić information content (AvgIpc) is 2.54. The second-order valence-corrected chi connectivity index (χ2v) is 7.66. The van der Waals surface area contributed by atoms with Gasteiger partial charge in [0.2, 0.25) is 10.0 Å². The van der Waals surface area contributed by atoms with Crippen LogP contribution in [0.2, 0.25) is 0 Å². The maximum absolute atomic E-state index is 11.8. The molecule has 1 saturated heterocycles. The van der Waals surface area contributed by atoms with E-state index in [-0.39, 0.29) is 16.7 Å². The molecular formula is C9H18BrNO3S. The molecule has 0 aromatic carbocycles. The zero-order valence-electron chi connectivity index (χ0n) is 9.15. The van der Waals surface area contributed by atoms with Gasteiger partial charge in [0.05, 0.1) is 11.9 Å². The second kappa shape index (κ2) is 5.61.